The molecule has 96 valence electrons. The van der Waals surface area contributed by atoms with Crippen LogP contribution < -0.4 is 0 Å². The molecule has 1 N–H and O–H groups in total. The summed E-state index contributed by atoms with van der Waals surface area (Å²) in [6.45, 7) is 4.69. The molecule has 1 aliphatic heterocycles. The van der Waals surface area contributed by atoms with Crippen LogP contribution in [0.3, 0.4) is 0 Å². The Labute approximate surface area is 102 Å². The van der Waals surface area contributed by atoms with Crippen molar-refractivity contribution in [2.75, 3.05) is 13.1 Å². The Bertz CT molecular complexity index is 332. The minimum absolute atomic E-state index is 0.131. The lowest BCUT2D eigenvalue weighted by molar-refractivity contribution is 0.0740. The van der Waals surface area contributed by atoms with Gasteiger partial charge in [0.25, 0.3) is 0 Å². The average molecular weight is 239 g/mol. The molecule has 0 radical (unpaired) electrons. The highest BCUT2D eigenvalue weighted by Gasteiger charge is 2.19. The highest BCUT2D eigenvalue weighted by Crippen LogP contribution is 2.13. The van der Waals surface area contributed by atoms with Crippen LogP contribution in [0.1, 0.15) is 44.3 Å². The standard InChI is InChI=1S/C12H21N3O2/c1-2-3-4-11-13-12(17-14-11)9-15-7-5-10(16)6-8-15/h10,16H,2-9H2,1H3. The van der Waals surface area contributed by atoms with E-state index in [0.717, 1.165) is 51.0 Å². The molecule has 1 aliphatic rings. The number of nitrogens with zero attached hydrogens (tertiary/aromatic N) is 3. The number of unbranched alkanes of at least 4 members (excludes halogenated alkanes) is 1. The zero-order valence-electron chi connectivity index (χ0n) is 10.4. The van der Waals surface area contributed by atoms with Gasteiger partial charge >= 0.3 is 0 Å². The Morgan fingerprint density at radius 2 is 2.18 bits per heavy atom. The second-order valence-corrected chi connectivity index (χ2v) is 4.72. The number of piperidine rings is 1. The number of aliphatic hydroxyl groups is 1. The maximum absolute atomic E-state index is 9.42. The van der Waals surface area contributed by atoms with E-state index in [1.165, 1.54) is 0 Å². The molecule has 0 aromatic carbocycles. The Hall–Kier alpha value is -0.940. The van der Waals surface area contributed by atoms with E-state index in [1.54, 1.807) is 0 Å². The molecular formula is C12H21N3O2. The molecule has 1 aromatic heterocycles. The fraction of sp³-hybridized carbons (Fsp3) is 0.833. The number of aryl methyl sites for hydroxylation is 1. The summed E-state index contributed by atoms with van der Waals surface area (Å²) >= 11 is 0. The summed E-state index contributed by atoms with van der Waals surface area (Å²) in [6, 6.07) is 0. The summed E-state index contributed by atoms with van der Waals surface area (Å²) in [5, 5.41) is 13.4. The zero-order valence-corrected chi connectivity index (χ0v) is 10.4. The van der Waals surface area contributed by atoms with Crippen LogP contribution in [0, 0.1) is 0 Å². The van der Waals surface area contributed by atoms with Crippen molar-refractivity contribution in [2.24, 2.45) is 0 Å². The molecule has 0 bridgehead atoms. The van der Waals surface area contributed by atoms with Gasteiger partial charge in [0.05, 0.1) is 12.6 Å². The highest BCUT2D eigenvalue weighted by molar-refractivity contribution is 4.87. The van der Waals surface area contributed by atoms with Crippen LogP contribution in [0.5, 0.6) is 0 Å². The summed E-state index contributed by atoms with van der Waals surface area (Å²) in [6.07, 6.45) is 4.71. The summed E-state index contributed by atoms with van der Waals surface area (Å²) < 4.78 is 5.23. The topological polar surface area (TPSA) is 62.4 Å². The van der Waals surface area contributed by atoms with Crippen molar-refractivity contribution >= 4 is 0 Å². The normalized spacial score (nSPS) is 18.7. The Morgan fingerprint density at radius 1 is 1.41 bits per heavy atom. The van der Waals surface area contributed by atoms with E-state index >= 15 is 0 Å². The number of aliphatic hydroxyl groups excluding tert-OH is 1. The third kappa shape index (κ3) is 3.78. The van der Waals surface area contributed by atoms with Gasteiger partial charge in [-0.25, -0.2) is 0 Å². The first kappa shape index (κ1) is 12.5. The first-order valence-corrected chi connectivity index (χ1v) is 6.50. The van der Waals surface area contributed by atoms with Crippen molar-refractivity contribution in [2.45, 2.75) is 51.7 Å². The van der Waals surface area contributed by atoms with E-state index in [9.17, 15) is 5.11 Å². The van der Waals surface area contributed by atoms with Gasteiger partial charge in [-0.3, -0.25) is 4.90 Å². The third-order valence-corrected chi connectivity index (χ3v) is 3.18. The van der Waals surface area contributed by atoms with Crippen molar-refractivity contribution in [3.8, 4) is 0 Å². The molecule has 17 heavy (non-hydrogen) atoms. The van der Waals surface area contributed by atoms with Gasteiger partial charge in [-0.2, -0.15) is 4.98 Å². The molecular weight excluding hydrogens is 218 g/mol. The first-order chi connectivity index (χ1) is 8.28. The quantitative estimate of drug-likeness (QED) is 0.840. The van der Waals surface area contributed by atoms with E-state index < -0.39 is 0 Å². The van der Waals surface area contributed by atoms with Crippen molar-refractivity contribution in [3.05, 3.63) is 11.7 Å². The minimum atomic E-state index is -0.131. The monoisotopic (exact) mass is 239 g/mol. The van der Waals surface area contributed by atoms with Crippen molar-refractivity contribution in [3.63, 3.8) is 0 Å². The summed E-state index contributed by atoms with van der Waals surface area (Å²) in [5.74, 6) is 1.52. The van der Waals surface area contributed by atoms with E-state index in [-0.39, 0.29) is 6.10 Å². The highest BCUT2D eigenvalue weighted by atomic mass is 16.5. The predicted octanol–water partition coefficient (Wildman–Crippen LogP) is 1.37. The van der Waals surface area contributed by atoms with Crippen molar-refractivity contribution in [1.82, 2.24) is 15.0 Å². The maximum atomic E-state index is 9.42. The maximum Gasteiger partial charge on any atom is 0.240 e. The molecule has 0 amide bonds. The van der Waals surface area contributed by atoms with E-state index in [1.807, 2.05) is 0 Å². The lowest BCUT2D eigenvalue weighted by Gasteiger charge is -2.27. The Balaban J connectivity index is 1.80. The number of hydrogen-bond acceptors (Lipinski definition) is 5. The summed E-state index contributed by atoms with van der Waals surface area (Å²) in [7, 11) is 0. The molecule has 0 saturated carbocycles. The molecule has 0 atom stereocenters. The summed E-state index contributed by atoms with van der Waals surface area (Å²) in [4.78, 5) is 6.63. The number of aromatic nitrogens is 2. The van der Waals surface area contributed by atoms with Crippen molar-refractivity contribution in [1.29, 1.82) is 0 Å². The van der Waals surface area contributed by atoms with Gasteiger partial charge < -0.3 is 9.63 Å². The van der Waals surface area contributed by atoms with Crippen LogP contribution in [0.2, 0.25) is 0 Å². The van der Waals surface area contributed by atoms with Gasteiger partial charge in [-0.15, -0.1) is 0 Å². The molecule has 5 heteroatoms. The Kier molecular flexibility index (Phi) is 4.50. The molecule has 5 nitrogen and oxygen atoms in total. The molecule has 1 fully saturated rings. The van der Waals surface area contributed by atoms with E-state index in [4.69, 9.17) is 4.52 Å². The molecule has 0 aliphatic carbocycles. The number of likely N-dealkylation sites (tertiary alicyclic amines) is 1. The minimum Gasteiger partial charge on any atom is -0.393 e. The van der Waals surface area contributed by atoms with Crippen LogP contribution in [0.25, 0.3) is 0 Å². The third-order valence-electron chi connectivity index (χ3n) is 3.18. The first-order valence-electron chi connectivity index (χ1n) is 6.50. The van der Waals surface area contributed by atoms with Gasteiger partial charge in [0, 0.05) is 19.5 Å². The van der Waals surface area contributed by atoms with E-state index in [2.05, 4.69) is 22.0 Å². The largest absolute Gasteiger partial charge is 0.393 e. The van der Waals surface area contributed by atoms with Gasteiger partial charge in [0.15, 0.2) is 5.82 Å². The van der Waals surface area contributed by atoms with Gasteiger partial charge in [0.1, 0.15) is 0 Å². The zero-order chi connectivity index (χ0) is 12.1. The summed E-state index contributed by atoms with van der Waals surface area (Å²) in [5.41, 5.74) is 0. The average Bonchev–Trinajstić information content (AvgIpc) is 2.77. The second-order valence-electron chi connectivity index (χ2n) is 4.72. The fourth-order valence-corrected chi connectivity index (χ4v) is 2.06. The van der Waals surface area contributed by atoms with Crippen LogP contribution in [0.15, 0.2) is 4.52 Å². The predicted molar refractivity (Wildman–Crippen MR) is 63.4 cm³/mol. The van der Waals surface area contributed by atoms with Crippen LogP contribution in [0.4, 0.5) is 0 Å². The molecule has 2 rings (SSSR count). The van der Waals surface area contributed by atoms with Crippen LogP contribution in [-0.4, -0.2) is 39.3 Å². The molecule has 0 spiro atoms. The van der Waals surface area contributed by atoms with Crippen LogP contribution >= 0.6 is 0 Å². The van der Waals surface area contributed by atoms with Crippen molar-refractivity contribution < 1.29 is 9.63 Å². The van der Waals surface area contributed by atoms with Crippen LogP contribution in [-0.2, 0) is 13.0 Å². The van der Waals surface area contributed by atoms with Gasteiger partial charge in [-0.1, -0.05) is 18.5 Å². The fourth-order valence-electron chi connectivity index (χ4n) is 2.06. The lowest BCUT2D eigenvalue weighted by atomic mass is 10.1. The lowest BCUT2D eigenvalue weighted by Crippen LogP contribution is -2.35. The van der Waals surface area contributed by atoms with E-state index in [0.29, 0.717) is 12.4 Å². The molecule has 2 heterocycles. The van der Waals surface area contributed by atoms with Gasteiger partial charge in [0.2, 0.25) is 5.89 Å². The molecule has 1 aromatic rings. The SMILES string of the molecule is CCCCc1noc(CN2CCC(O)CC2)n1. The molecule has 0 unspecified atom stereocenters. The Morgan fingerprint density at radius 3 is 2.88 bits per heavy atom. The smallest absolute Gasteiger partial charge is 0.240 e. The van der Waals surface area contributed by atoms with Gasteiger partial charge in [-0.05, 0) is 19.3 Å². The molecule has 1 saturated heterocycles. The second kappa shape index (κ2) is 6.12. The number of hydrogen-bond donors (Lipinski definition) is 1. The number of rotatable bonds is 5.